The van der Waals surface area contributed by atoms with Crippen LogP contribution in [0.5, 0.6) is 11.5 Å². The third-order valence-electron chi connectivity index (χ3n) is 4.24. The molecule has 27 heavy (non-hydrogen) atoms. The first kappa shape index (κ1) is 21.1. The van der Waals surface area contributed by atoms with Crippen molar-refractivity contribution in [2.24, 2.45) is 0 Å². The summed E-state index contributed by atoms with van der Waals surface area (Å²) in [5, 5.41) is 3.23. The zero-order chi connectivity index (χ0) is 19.9. The van der Waals surface area contributed by atoms with Gasteiger partial charge in [0.2, 0.25) is 0 Å². The van der Waals surface area contributed by atoms with Gasteiger partial charge in [0.15, 0.2) is 11.5 Å². The standard InChI is InChI=1S/C20H24F3NO3/c1-25-17-8-7-14(11-18(17)26-2)9-10-24-13-19(27-3)15-5-4-6-16(12-15)20(21,22)23/h4-8,11-12,19,24H,9-10,13H2,1-3H3. The predicted octanol–water partition coefficient (Wildman–Crippen LogP) is 4.24. The fraction of sp³-hybridized carbons (Fsp3) is 0.400. The Morgan fingerprint density at radius 3 is 2.33 bits per heavy atom. The smallest absolute Gasteiger partial charge is 0.416 e. The third-order valence-corrected chi connectivity index (χ3v) is 4.24. The van der Waals surface area contributed by atoms with Crippen molar-refractivity contribution in [3.8, 4) is 11.5 Å². The Kier molecular flexibility index (Phi) is 7.50. The van der Waals surface area contributed by atoms with Gasteiger partial charge in [0, 0.05) is 13.7 Å². The summed E-state index contributed by atoms with van der Waals surface area (Å²) in [6.07, 6.45) is -4.09. The zero-order valence-electron chi connectivity index (χ0n) is 15.6. The molecule has 0 fully saturated rings. The van der Waals surface area contributed by atoms with E-state index in [4.69, 9.17) is 14.2 Å². The van der Waals surface area contributed by atoms with Crippen molar-refractivity contribution in [2.75, 3.05) is 34.4 Å². The van der Waals surface area contributed by atoms with Gasteiger partial charge in [-0.15, -0.1) is 0 Å². The normalized spacial score (nSPS) is 12.7. The molecular weight excluding hydrogens is 359 g/mol. The number of methoxy groups -OCH3 is 3. The highest BCUT2D eigenvalue weighted by Crippen LogP contribution is 2.31. The Hall–Kier alpha value is -2.25. The maximum absolute atomic E-state index is 12.9. The van der Waals surface area contributed by atoms with Gasteiger partial charge >= 0.3 is 6.18 Å². The van der Waals surface area contributed by atoms with Gasteiger partial charge in [0.1, 0.15) is 0 Å². The van der Waals surface area contributed by atoms with E-state index in [9.17, 15) is 13.2 Å². The highest BCUT2D eigenvalue weighted by Gasteiger charge is 2.31. The average molecular weight is 383 g/mol. The molecule has 0 spiro atoms. The van der Waals surface area contributed by atoms with Crippen LogP contribution < -0.4 is 14.8 Å². The van der Waals surface area contributed by atoms with E-state index in [1.807, 2.05) is 18.2 Å². The van der Waals surface area contributed by atoms with E-state index in [0.29, 0.717) is 30.2 Å². The first-order valence-electron chi connectivity index (χ1n) is 8.50. The lowest BCUT2D eigenvalue weighted by atomic mass is 10.1. The summed E-state index contributed by atoms with van der Waals surface area (Å²) in [7, 11) is 4.65. The minimum absolute atomic E-state index is 0.408. The molecule has 0 bridgehead atoms. The second kappa shape index (κ2) is 9.62. The average Bonchev–Trinajstić information content (AvgIpc) is 2.67. The van der Waals surface area contributed by atoms with Gasteiger partial charge in [-0.2, -0.15) is 13.2 Å². The van der Waals surface area contributed by atoms with E-state index in [1.165, 1.54) is 13.2 Å². The lowest BCUT2D eigenvalue weighted by Gasteiger charge is -2.18. The van der Waals surface area contributed by atoms with Crippen molar-refractivity contribution < 1.29 is 27.4 Å². The predicted molar refractivity (Wildman–Crippen MR) is 97.3 cm³/mol. The van der Waals surface area contributed by atoms with Crippen molar-refractivity contribution in [1.29, 1.82) is 0 Å². The molecule has 0 aliphatic heterocycles. The van der Waals surface area contributed by atoms with Crippen LogP contribution in [0.2, 0.25) is 0 Å². The first-order chi connectivity index (χ1) is 12.9. The Morgan fingerprint density at radius 1 is 0.963 bits per heavy atom. The molecule has 1 atom stereocenters. The molecule has 0 saturated carbocycles. The van der Waals surface area contributed by atoms with Crippen LogP contribution in [-0.2, 0) is 17.3 Å². The van der Waals surface area contributed by atoms with Crippen molar-refractivity contribution in [3.05, 3.63) is 59.2 Å². The van der Waals surface area contributed by atoms with Gasteiger partial charge in [-0.3, -0.25) is 0 Å². The number of benzene rings is 2. The molecule has 0 aromatic heterocycles. The van der Waals surface area contributed by atoms with Crippen molar-refractivity contribution in [1.82, 2.24) is 5.32 Å². The fourth-order valence-electron chi connectivity index (χ4n) is 2.75. The Balaban J connectivity index is 1.92. The summed E-state index contributed by atoms with van der Waals surface area (Å²) in [5.41, 5.74) is 0.881. The first-order valence-corrected chi connectivity index (χ1v) is 8.50. The Labute approximate surface area is 157 Å². The summed E-state index contributed by atoms with van der Waals surface area (Å²) >= 11 is 0. The summed E-state index contributed by atoms with van der Waals surface area (Å²) < 4.78 is 54.5. The molecule has 0 saturated heterocycles. The lowest BCUT2D eigenvalue weighted by Crippen LogP contribution is -2.25. The molecule has 0 radical (unpaired) electrons. The number of ether oxygens (including phenoxy) is 3. The van der Waals surface area contributed by atoms with E-state index in [1.54, 1.807) is 20.3 Å². The highest BCUT2D eigenvalue weighted by atomic mass is 19.4. The largest absolute Gasteiger partial charge is 0.493 e. The van der Waals surface area contributed by atoms with Crippen LogP contribution in [0.4, 0.5) is 13.2 Å². The quantitative estimate of drug-likeness (QED) is 0.658. The lowest BCUT2D eigenvalue weighted by molar-refractivity contribution is -0.137. The summed E-state index contributed by atoms with van der Waals surface area (Å²) in [6.45, 7) is 1.05. The topological polar surface area (TPSA) is 39.7 Å². The molecule has 2 rings (SSSR count). The molecule has 7 heteroatoms. The fourth-order valence-corrected chi connectivity index (χ4v) is 2.75. The van der Waals surface area contributed by atoms with Gasteiger partial charge in [0.05, 0.1) is 25.9 Å². The Bertz CT molecular complexity index is 735. The summed E-state index contributed by atoms with van der Waals surface area (Å²) in [6, 6.07) is 10.9. The van der Waals surface area contributed by atoms with Gasteiger partial charge < -0.3 is 19.5 Å². The maximum Gasteiger partial charge on any atom is 0.416 e. The van der Waals surface area contributed by atoms with Crippen molar-refractivity contribution in [2.45, 2.75) is 18.7 Å². The van der Waals surface area contributed by atoms with E-state index in [0.717, 1.165) is 24.1 Å². The van der Waals surface area contributed by atoms with E-state index in [2.05, 4.69) is 5.32 Å². The van der Waals surface area contributed by atoms with Crippen LogP contribution in [0.3, 0.4) is 0 Å². The Morgan fingerprint density at radius 2 is 1.70 bits per heavy atom. The SMILES string of the molecule is COc1ccc(CCNCC(OC)c2cccc(C(F)(F)F)c2)cc1OC. The highest BCUT2D eigenvalue weighted by molar-refractivity contribution is 5.42. The number of hydrogen-bond acceptors (Lipinski definition) is 4. The molecule has 1 unspecified atom stereocenters. The molecule has 0 aliphatic rings. The maximum atomic E-state index is 12.9. The van der Waals surface area contributed by atoms with Crippen molar-refractivity contribution in [3.63, 3.8) is 0 Å². The third kappa shape index (κ3) is 5.87. The molecule has 4 nitrogen and oxygen atoms in total. The minimum atomic E-state index is -4.37. The van der Waals surface area contributed by atoms with Gasteiger partial charge in [-0.05, 0) is 48.4 Å². The van der Waals surface area contributed by atoms with Crippen LogP contribution in [0.25, 0.3) is 0 Å². The van der Waals surface area contributed by atoms with E-state index >= 15 is 0 Å². The van der Waals surface area contributed by atoms with Crippen LogP contribution in [-0.4, -0.2) is 34.4 Å². The van der Waals surface area contributed by atoms with Gasteiger partial charge in [-0.1, -0.05) is 18.2 Å². The van der Waals surface area contributed by atoms with E-state index < -0.39 is 17.8 Å². The molecule has 0 aliphatic carbocycles. The molecular formula is C20H24F3NO3. The van der Waals surface area contributed by atoms with Crippen molar-refractivity contribution >= 4 is 0 Å². The molecule has 2 aromatic carbocycles. The molecule has 148 valence electrons. The molecule has 0 amide bonds. The van der Waals surface area contributed by atoms with Crippen LogP contribution in [0.15, 0.2) is 42.5 Å². The van der Waals surface area contributed by atoms with Gasteiger partial charge in [-0.25, -0.2) is 0 Å². The summed E-state index contributed by atoms with van der Waals surface area (Å²) in [4.78, 5) is 0. The number of hydrogen-bond donors (Lipinski definition) is 1. The zero-order valence-corrected chi connectivity index (χ0v) is 15.6. The molecule has 1 N–H and O–H groups in total. The number of halogens is 3. The van der Waals surface area contributed by atoms with Gasteiger partial charge in [0.25, 0.3) is 0 Å². The summed E-state index contributed by atoms with van der Waals surface area (Å²) in [5.74, 6) is 1.33. The second-order valence-corrected chi connectivity index (χ2v) is 5.99. The second-order valence-electron chi connectivity index (χ2n) is 5.99. The van der Waals surface area contributed by atoms with Crippen LogP contribution >= 0.6 is 0 Å². The monoisotopic (exact) mass is 383 g/mol. The number of nitrogens with one attached hydrogen (secondary N) is 1. The van der Waals surface area contributed by atoms with E-state index in [-0.39, 0.29) is 0 Å². The number of alkyl halides is 3. The molecule has 2 aromatic rings. The molecule has 0 heterocycles. The number of rotatable bonds is 9. The van der Waals surface area contributed by atoms with Crippen LogP contribution in [0.1, 0.15) is 22.8 Å². The van der Waals surface area contributed by atoms with Crippen LogP contribution in [0, 0.1) is 0 Å². The minimum Gasteiger partial charge on any atom is -0.493 e.